The Morgan fingerprint density at radius 2 is 1.60 bits per heavy atom. The topological polar surface area (TPSA) is 110 Å². The summed E-state index contributed by atoms with van der Waals surface area (Å²) in [5.41, 5.74) is 2.38. The maximum absolute atomic E-state index is 14.5. The molecule has 1 aromatic heterocycles. The first kappa shape index (κ1) is 25.6. The van der Waals surface area contributed by atoms with Gasteiger partial charge in [-0.1, -0.05) is 60.7 Å². The number of nitro benzene ring substituents is 1. The number of hydrogen-bond donors (Lipinski definition) is 1. The molecule has 0 unspecified atom stereocenters. The molecule has 0 bridgehead atoms. The Labute approximate surface area is 246 Å². The Bertz CT molecular complexity index is 1990. The first-order chi connectivity index (χ1) is 21.0. The first-order valence-corrected chi connectivity index (χ1v) is 14.5. The van der Waals surface area contributed by atoms with Crippen molar-refractivity contribution in [3.05, 3.63) is 141 Å². The molecule has 9 nitrogen and oxygen atoms in total. The molecule has 4 heterocycles. The van der Waals surface area contributed by atoms with Crippen molar-refractivity contribution in [2.24, 2.45) is 0 Å². The van der Waals surface area contributed by atoms with E-state index in [4.69, 9.17) is 4.98 Å². The maximum Gasteiger partial charge on any atom is 0.269 e. The molecule has 1 amide bonds. The van der Waals surface area contributed by atoms with Crippen LogP contribution in [0.3, 0.4) is 0 Å². The Hall–Kier alpha value is -5.15. The fourth-order valence-corrected chi connectivity index (χ4v) is 7.89. The third-order valence-corrected chi connectivity index (χ3v) is 9.49. The van der Waals surface area contributed by atoms with Crippen molar-refractivity contribution in [1.29, 1.82) is 0 Å². The van der Waals surface area contributed by atoms with Crippen LogP contribution in [0, 0.1) is 10.1 Å². The molecule has 3 aliphatic rings. The minimum absolute atomic E-state index is 0.00488. The SMILES string of the molecule is O=C1Nc2ccccc2[C@@]12[C@H](c1nc3ccccc3c(=O)n1-c1ccccc1)[C@@H](c1ccc([N+](=O)[O-])cc1)[C@@H]1CCCN12. The smallest absolute Gasteiger partial charge is 0.269 e. The van der Waals surface area contributed by atoms with Gasteiger partial charge in [-0.3, -0.25) is 29.2 Å². The number of aromatic nitrogens is 2. The van der Waals surface area contributed by atoms with Crippen molar-refractivity contribution in [1.82, 2.24) is 14.5 Å². The van der Waals surface area contributed by atoms with E-state index in [2.05, 4.69) is 10.2 Å². The van der Waals surface area contributed by atoms with Gasteiger partial charge >= 0.3 is 0 Å². The lowest BCUT2D eigenvalue weighted by atomic mass is 9.71. The summed E-state index contributed by atoms with van der Waals surface area (Å²) >= 11 is 0. The van der Waals surface area contributed by atoms with Crippen molar-refractivity contribution in [2.45, 2.75) is 36.3 Å². The quantitative estimate of drug-likeness (QED) is 0.227. The van der Waals surface area contributed by atoms with Gasteiger partial charge in [-0.2, -0.15) is 0 Å². The Morgan fingerprint density at radius 3 is 2.40 bits per heavy atom. The van der Waals surface area contributed by atoms with E-state index < -0.39 is 16.4 Å². The Balaban J connectivity index is 1.49. The molecular formula is C34H27N5O4. The lowest BCUT2D eigenvalue weighted by Crippen LogP contribution is -2.51. The van der Waals surface area contributed by atoms with E-state index in [-0.39, 0.29) is 29.1 Å². The van der Waals surface area contributed by atoms with Crippen LogP contribution < -0.4 is 10.9 Å². The molecule has 2 fully saturated rings. The Kier molecular flexibility index (Phi) is 5.61. The molecule has 2 saturated heterocycles. The van der Waals surface area contributed by atoms with Gasteiger partial charge in [-0.05, 0) is 55.3 Å². The average Bonchev–Trinajstić information content (AvgIpc) is 3.70. The van der Waals surface area contributed by atoms with Crippen LogP contribution in [-0.2, 0) is 10.3 Å². The number of carbonyl (C=O) groups excluding carboxylic acids is 1. The lowest BCUT2D eigenvalue weighted by molar-refractivity contribution is -0.384. The minimum atomic E-state index is -1.14. The van der Waals surface area contributed by atoms with Crippen molar-refractivity contribution in [3.8, 4) is 5.69 Å². The number of rotatable bonds is 4. The number of para-hydroxylation sites is 3. The van der Waals surface area contributed by atoms with E-state index in [1.807, 2.05) is 72.8 Å². The molecule has 3 aliphatic heterocycles. The van der Waals surface area contributed by atoms with Crippen molar-refractivity contribution in [3.63, 3.8) is 0 Å². The molecule has 1 spiro atoms. The highest BCUT2D eigenvalue weighted by Gasteiger charge is 2.68. The lowest BCUT2D eigenvalue weighted by Gasteiger charge is -2.38. The summed E-state index contributed by atoms with van der Waals surface area (Å²) in [6, 6.07) is 31.1. The van der Waals surface area contributed by atoms with E-state index in [0.717, 1.165) is 29.7 Å². The van der Waals surface area contributed by atoms with Crippen LogP contribution >= 0.6 is 0 Å². The fraction of sp³-hybridized carbons (Fsp3) is 0.206. The molecule has 8 rings (SSSR count). The van der Waals surface area contributed by atoms with Crippen LogP contribution in [0.2, 0.25) is 0 Å². The number of nitrogens with zero attached hydrogens (tertiary/aromatic N) is 4. The van der Waals surface area contributed by atoms with Gasteiger partial charge in [0, 0.05) is 35.3 Å². The van der Waals surface area contributed by atoms with E-state index in [9.17, 15) is 19.7 Å². The molecule has 212 valence electrons. The monoisotopic (exact) mass is 569 g/mol. The number of nitrogens with one attached hydrogen (secondary N) is 1. The molecule has 43 heavy (non-hydrogen) atoms. The van der Waals surface area contributed by atoms with Crippen LogP contribution in [0.5, 0.6) is 0 Å². The average molecular weight is 570 g/mol. The van der Waals surface area contributed by atoms with E-state index in [1.165, 1.54) is 12.1 Å². The van der Waals surface area contributed by atoms with Crippen molar-refractivity contribution in [2.75, 3.05) is 11.9 Å². The van der Waals surface area contributed by atoms with Crippen molar-refractivity contribution >= 4 is 28.2 Å². The second kappa shape index (κ2) is 9.43. The molecule has 4 atom stereocenters. The zero-order valence-electron chi connectivity index (χ0n) is 23.1. The van der Waals surface area contributed by atoms with Crippen LogP contribution in [0.15, 0.2) is 108 Å². The molecule has 9 heteroatoms. The van der Waals surface area contributed by atoms with Crippen molar-refractivity contribution < 1.29 is 9.72 Å². The molecule has 0 radical (unpaired) electrons. The summed E-state index contributed by atoms with van der Waals surface area (Å²) in [5, 5.41) is 15.2. The van der Waals surface area contributed by atoms with Gasteiger partial charge in [-0.15, -0.1) is 0 Å². The Morgan fingerprint density at radius 1 is 0.884 bits per heavy atom. The third-order valence-electron chi connectivity index (χ3n) is 9.49. The van der Waals surface area contributed by atoms with E-state index >= 15 is 0 Å². The summed E-state index contributed by atoms with van der Waals surface area (Å²) in [5.74, 6) is -0.500. The number of benzene rings is 4. The molecule has 0 aliphatic carbocycles. The van der Waals surface area contributed by atoms with Gasteiger partial charge in [0.25, 0.3) is 11.2 Å². The number of hydrogen-bond acceptors (Lipinski definition) is 6. The van der Waals surface area contributed by atoms with Crippen LogP contribution in [0.4, 0.5) is 11.4 Å². The second-order valence-electron chi connectivity index (χ2n) is 11.5. The van der Waals surface area contributed by atoms with Gasteiger partial charge < -0.3 is 5.32 Å². The van der Waals surface area contributed by atoms with E-state index in [1.54, 1.807) is 22.8 Å². The number of anilines is 1. The van der Waals surface area contributed by atoms with Gasteiger partial charge in [0.05, 0.1) is 27.4 Å². The van der Waals surface area contributed by atoms with Crippen LogP contribution in [0.25, 0.3) is 16.6 Å². The zero-order valence-corrected chi connectivity index (χ0v) is 23.1. The van der Waals surface area contributed by atoms with Gasteiger partial charge in [0.15, 0.2) is 0 Å². The standard InChI is InChI=1S/C34H27N5O4/c40-32-24-11-4-6-13-26(24)35-31(38(32)22-9-2-1-3-10-22)30-29(21-16-18-23(19-17-21)39(42)43)28-15-8-20-37(28)34(30)25-12-5-7-14-27(25)36-33(34)41/h1-7,9-14,16-19,28-30H,8,15,20H2,(H,36,41)/t28-,29-,30-,34+/m0/s1. The number of carbonyl (C=O) groups is 1. The summed E-state index contributed by atoms with van der Waals surface area (Å²) in [6.07, 6.45) is 1.76. The van der Waals surface area contributed by atoms with Crippen LogP contribution in [-0.4, -0.2) is 37.9 Å². The molecule has 0 saturated carbocycles. The number of fused-ring (bicyclic) bond motifs is 5. The summed E-state index contributed by atoms with van der Waals surface area (Å²) in [6.45, 7) is 0.704. The molecular weight excluding hydrogens is 542 g/mol. The third kappa shape index (κ3) is 3.51. The second-order valence-corrected chi connectivity index (χ2v) is 11.5. The number of non-ortho nitro benzene ring substituents is 1. The first-order valence-electron chi connectivity index (χ1n) is 14.5. The summed E-state index contributed by atoms with van der Waals surface area (Å²) in [7, 11) is 0. The van der Waals surface area contributed by atoms with Crippen LogP contribution in [0.1, 0.15) is 41.6 Å². The fourth-order valence-electron chi connectivity index (χ4n) is 7.89. The van der Waals surface area contributed by atoms with E-state index in [0.29, 0.717) is 29.0 Å². The van der Waals surface area contributed by atoms with Gasteiger partial charge in [0.1, 0.15) is 11.4 Å². The molecule has 5 aromatic rings. The predicted octanol–water partition coefficient (Wildman–Crippen LogP) is 5.49. The zero-order chi connectivity index (χ0) is 29.3. The highest BCUT2D eigenvalue weighted by Crippen LogP contribution is 2.63. The highest BCUT2D eigenvalue weighted by molar-refractivity contribution is 6.07. The molecule has 4 aromatic carbocycles. The normalized spacial score (nSPS) is 24.3. The number of amides is 1. The van der Waals surface area contributed by atoms with Gasteiger partial charge in [-0.25, -0.2) is 4.98 Å². The molecule has 1 N–H and O–H groups in total. The summed E-state index contributed by atoms with van der Waals surface area (Å²) < 4.78 is 1.67. The largest absolute Gasteiger partial charge is 0.324 e. The predicted molar refractivity (Wildman–Crippen MR) is 162 cm³/mol. The minimum Gasteiger partial charge on any atom is -0.324 e. The number of nitro groups is 1. The summed E-state index contributed by atoms with van der Waals surface area (Å²) in [4.78, 5) is 47.6. The maximum atomic E-state index is 14.5. The van der Waals surface area contributed by atoms with Gasteiger partial charge in [0.2, 0.25) is 5.91 Å². The highest BCUT2D eigenvalue weighted by atomic mass is 16.6.